The molecule has 0 saturated heterocycles. The summed E-state index contributed by atoms with van der Waals surface area (Å²) in [7, 11) is 0. The van der Waals surface area contributed by atoms with Gasteiger partial charge in [0.1, 0.15) is 0 Å². The number of aliphatic hydroxyl groups is 2. The number of nitrogens with one attached hydrogen (secondary N) is 1. The maximum atomic E-state index is 8.96. The molecule has 1 heterocycles. The highest BCUT2D eigenvalue weighted by molar-refractivity contribution is 4.78. The summed E-state index contributed by atoms with van der Waals surface area (Å²) in [6.07, 6.45) is -0.746. The minimum Gasteiger partial charge on any atom is -0.424 e. The predicted molar refractivity (Wildman–Crippen MR) is 43.8 cm³/mol. The quantitative estimate of drug-likeness (QED) is 0.537. The van der Waals surface area contributed by atoms with E-state index in [4.69, 9.17) is 14.6 Å². The molecule has 1 aromatic heterocycles. The Bertz CT molecular complexity index is 251. The van der Waals surface area contributed by atoms with Gasteiger partial charge in [-0.15, -0.1) is 10.2 Å². The number of aromatic nitrogens is 2. The van der Waals surface area contributed by atoms with Crippen molar-refractivity contribution in [3.05, 3.63) is 11.8 Å². The third kappa shape index (κ3) is 3.49. The van der Waals surface area contributed by atoms with E-state index in [9.17, 15) is 0 Å². The van der Waals surface area contributed by atoms with E-state index in [0.717, 1.165) is 0 Å². The lowest BCUT2D eigenvalue weighted by molar-refractivity contribution is 0.0937. The van der Waals surface area contributed by atoms with Crippen LogP contribution in [0, 0.1) is 6.92 Å². The third-order valence-electron chi connectivity index (χ3n) is 1.43. The molecule has 0 spiro atoms. The van der Waals surface area contributed by atoms with Crippen LogP contribution in [-0.2, 0) is 6.54 Å². The van der Waals surface area contributed by atoms with Gasteiger partial charge in [0.15, 0.2) is 0 Å². The van der Waals surface area contributed by atoms with E-state index < -0.39 is 6.10 Å². The normalized spacial score (nSPS) is 13.2. The molecule has 0 bridgehead atoms. The predicted octanol–water partition coefficient (Wildman–Crippen LogP) is -1.18. The van der Waals surface area contributed by atoms with Crippen molar-refractivity contribution in [3.63, 3.8) is 0 Å². The van der Waals surface area contributed by atoms with E-state index in [1.54, 1.807) is 6.92 Å². The monoisotopic (exact) mass is 187 g/mol. The fourth-order valence-electron chi connectivity index (χ4n) is 0.819. The highest BCUT2D eigenvalue weighted by atomic mass is 16.4. The van der Waals surface area contributed by atoms with Gasteiger partial charge in [0, 0.05) is 13.5 Å². The first-order valence-corrected chi connectivity index (χ1v) is 4.01. The number of rotatable bonds is 5. The largest absolute Gasteiger partial charge is 0.424 e. The smallest absolute Gasteiger partial charge is 0.230 e. The summed E-state index contributed by atoms with van der Waals surface area (Å²) in [5.41, 5.74) is 0. The van der Waals surface area contributed by atoms with Gasteiger partial charge in [0.2, 0.25) is 11.8 Å². The average molecular weight is 187 g/mol. The molecule has 74 valence electrons. The van der Waals surface area contributed by atoms with Crippen molar-refractivity contribution >= 4 is 0 Å². The topological polar surface area (TPSA) is 91.4 Å². The van der Waals surface area contributed by atoms with E-state index in [-0.39, 0.29) is 6.61 Å². The number of aliphatic hydroxyl groups excluding tert-OH is 2. The molecule has 0 radical (unpaired) electrons. The van der Waals surface area contributed by atoms with Crippen LogP contribution >= 0.6 is 0 Å². The number of nitrogens with zero attached hydrogens (tertiary/aromatic N) is 2. The molecular weight excluding hydrogens is 174 g/mol. The first-order valence-electron chi connectivity index (χ1n) is 4.01. The van der Waals surface area contributed by atoms with E-state index >= 15 is 0 Å². The van der Waals surface area contributed by atoms with E-state index in [2.05, 4.69) is 15.5 Å². The molecule has 0 fully saturated rings. The summed E-state index contributed by atoms with van der Waals surface area (Å²) in [5, 5.41) is 27.7. The molecule has 0 amide bonds. The van der Waals surface area contributed by atoms with Crippen molar-refractivity contribution in [3.8, 4) is 0 Å². The molecule has 1 unspecified atom stereocenters. The summed E-state index contributed by atoms with van der Waals surface area (Å²) in [4.78, 5) is 0. The first kappa shape index (κ1) is 10.1. The Morgan fingerprint density at radius 2 is 2.31 bits per heavy atom. The molecule has 0 aliphatic carbocycles. The molecular formula is C7H13N3O3. The lowest BCUT2D eigenvalue weighted by Gasteiger charge is -2.06. The van der Waals surface area contributed by atoms with Crippen molar-refractivity contribution in [1.29, 1.82) is 0 Å². The second-order valence-corrected chi connectivity index (χ2v) is 2.68. The standard InChI is InChI=1S/C7H13N3O3/c1-5-9-10-7(13-5)3-8-2-6(12)4-11/h6,8,11-12H,2-4H2,1H3. The lowest BCUT2D eigenvalue weighted by atomic mass is 10.4. The number of hydrogen-bond acceptors (Lipinski definition) is 6. The Kier molecular flexibility index (Phi) is 3.81. The van der Waals surface area contributed by atoms with E-state index in [0.29, 0.717) is 24.9 Å². The summed E-state index contributed by atoms with van der Waals surface area (Å²) in [6.45, 7) is 2.16. The molecule has 1 atom stereocenters. The highest BCUT2D eigenvalue weighted by Gasteiger charge is 2.03. The minimum atomic E-state index is -0.746. The SMILES string of the molecule is Cc1nnc(CNCC(O)CO)o1. The highest BCUT2D eigenvalue weighted by Crippen LogP contribution is 1.96. The second-order valence-electron chi connectivity index (χ2n) is 2.68. The fourth-order valence-corrected chi connectivity index (χ4v) is 0.819. The maximum Gasteiger partial charge on any atom is 0.230 e. The second kappa shape index (κ2) is 4.90. The Morgan fingerprint density at radius 1 is 1.54 bits per heavy atom. The summed E-state index contributed by atoms with van der Waals surface area (Å²) in [6, 6.07) is 0. The van der Waals surface area contributed by atoms with Crippen LogP contribution in [0.15, 0.2) is 4.42 Å². The van der Waals surface area contributed by atoms with Crippen LogP contribution in [0.5, 0.6) is 0 Å². The van der Waals surface area contributed by atoms with Crippen LogP contribution < -0.4 is 5.32 Å². The van der Waals surface area contributed by atoms with Crippen LogP contribution in [0.1, 0.15) is 11.8 Å². The van der Waals surface area contributed by atoms with Gasteiger partial charge in [-0.05, 0) is 0 Å². The number of hydrogen-bond donors (Lipinski definition) is 3. The van der Waals surface area contributed by atoms with Gasteiger partial charge < -0.3 is 19.9 Å². The Hall–Kier alpha value is -0.980. The van der Waals surface area contributed by atoms with Crippen molar-refractivity contribution in [2.24, 2.45) is 0 Å². The van der Waals surface area contributed by atoms with Gasteiger partial charge in [0.05, 0.1) is 19.3 Å². The maximum absolute atomic E-state index is 8.96. The molecule has 3 N–H and O–H groups in total. The molecule has 0 saturated carbocycles. The zero-order valence-corrected chi connectivity index (χ0v) is 7.40. The molecule has 6 nitrogen and oxygen atoms in total. The van der Waals surface area contributed by atoms with Crippen LogP contribution in [0.4, 0.5) is 0 Å². The fraction of sp³-hybridized carbons (Fsp3) is 0.714. The van der Waals surface area contributed by atoms with E-state index in [1.807, 2.05) is 0 Å². The molecule has 13 heavy (non-hydrogen) atoms. The Morgan fingerprint density at radius 3 is 2.85 bits per heavy atom. The third-order valence-corrected chi connectivity index (χ3v) is 1.43. The molecule has 1 aromatic rings. The summed E-state index contributed by atoms with van der Waals surface area (Å²) in [5.74, 6) is 0.988. The Balaban J connectivity index is 2.20. The van der Waals surface area contributed by atoms with Crippen molar-refractivity contribution < 1.29 is 14.6 Å². The number of aryl methyl sites for hydroxylation is 1. The summed E-state index contributed by atoms with van der Waals surface area (Å²) >= 11 is 0. The average Bonchev–Trinajstić information content (AvgIpc) is 2.51. The van der Waals surface area contributed by atoms with Crippen molar-refractivity contribution in [1.82, 2.24) is 15.5 Å². The Labute approximate surface area is 75.6 Å². The van der Waals surface area contributed by atoms with Gasteiger partial charge >= 0.3 is 0 Å². The van der Waals surface area contributed by atoms with Gasteiger partial charge in [-0.3, -0.25) is 0 Å². The van der Waals surface area contributed by atoms with Gasteiger partial charge in [-0.2, -0.15) is 0 Å². The molecule has 0 aromatic carbocycles. The molecule has 6 heteroatoms. The lowest BCUT2D eigenvalue weighted by Crippen LogP contribution is -2.29. The molecule has 0 aliphatic heterocycles. The van der Waals surface area contributed by atoms with Gasteiger partial charge in [-0.1, -0.05) is 0 Å². The van der Waals surface area contributed by atoms with Crippen LogP contribution in [0.3, 0.4) is 0 Å². The van der Waals surface area contributed by atoms with Crippen LogP contribution in [0.25, 0.3) is 0 Å². The van der Waals surface area contributed by atoms with E-state index in [1.165, 1.54) is 0 Å². The van der Waals surface area contributed by atoms with Crippen molar-refractivity contribution in [2.75, 3.05) is 13.2 Å². The van der Waals surface area contributed by atoms with Crippen molar-refractivity contribution in [2.45, 2.75) is 19.6 Å². The molecule has 1 rings (SSSR count). The van der Waals surface area contributed by atoms with Gasteiger partial charge in [0.25, 0.3) is 0 Å². The van der Waals surface area contributed by atoms with Crippen LogP contribution in [0.2, 0.25) is 0 Å². The first-order chi connectivity index (χ1) is 6.22. The zero-order valence-electron chi connectivity index (χ0n) is 7.40. The van der Waals surface area contributed by atoms with Crippen LogP contribution in [-0.4, -0.2) is 39.7 Å². The molecule has 0 aliphatic rings. The van der Waals surface area contributed by atoms with Gasteiger partial charge in [-0.25, -0.2) is 0 Å². The zero-order chi connectivity index (χ0) is 9.68. The summed E-state index contributed by atoms with van der Waals surface area (Å²) < 4.78 is 5.07. The minimum absolute atomic E-state index is 0.254.